The first-order chi connectivity index (χ1) is 11.2. The highest BCUT2D eigenvalue weighted by atomic mass is 127. The Bertz CT molecular complexity index is 528. The molecule has 8 heteroatoms. The smallest absolute Gasteiger partial charge is 0.194 e. The van der Waals surface area contributed by atoms with Gasteiger partial charge < -0.3 is 15.0 Å². The van der Waals surface area contributed by atoms with Gasteiger partial charge in [0.25, 0.3) is 0 Å². The van der Waals surface area contributed by atoms with Crippen LogP contribution in [0.3, 0.4) is 0 Å². The van der Waals surface area contributed by atoms with Crippen LogP contribution in [0, 0.1) is 5.92 Å². The minimum Gasteiger partial charge on any atom is -0.381 e. The van der Waals surface area contributed by atoms with E-state index in [9.17, 15) is 0 Å². The number of thiophene rings is 1. The summed E-state index contributed by atoms with van der Waals surface area (Å²) >= 11 is 7.59. The zero-order valence-electron chi connectivity index (χ0n) is 14.0. The number of hydrogen-bond donors (Lipinski definition) is 1. The molecule has 1 N–H and O–H groups in total. The van der Waals surface area contributed by atoms with Crippen molar-refractivity contribution in [2.24, 2.45) is 10.9 Å². The molecule has 2 saturated heterocycles. The first-order valence-electron chi connectivity index (χ1n) is 8.24. The molecule has 2 fully saturated rings. The number of hydrogen-bond acceptors (Lipinski definition) is 4. The highest BCUT2D eigenvalue weighted by Gasteiger charge is 2.23. The van der Waals surface area contributed by atoms with Gasteiger partial charge in [-0.05, 0) is 24.5 Å². The van der Waals surface area contributed by atoms with Crippen molar-refractivity contribution in [2.75, 3.05) is 53.0 Å². The molecule has 2 aliphatic rings. The van der Waals surface area contributed by atoms with Crippen molar-refractivity contribution in [1.82, 2.24) is 15.1 Å². The van der Waals surface area contributed by atoms with Crippen LogP contribution in [-0.2, 0) is 11.3 Å². The van der Waals surface area contributed by atoms with Gasteiger partial charge in [0, 0.05) is 51.3 Å². The summed E-state index contributed by atoms with van der Waals surface area (Å²) in [6.45, 7) is 8.08. The first kappa shape index (κ1) is 20.2. The third-order valence-electron chi connectivity index (χ3n) is 4.47. The van der Waals surface area contributed by atoms with Crippen molar-refractivity contribution >= 4 is 52.9 Å². The standard InChI is InChI=1S/C16H25ClN4OS.HI/c1-18-16(19-10-14-2-3-15(17)23-14)21-7-5-20(6-8-21)11-13-4-9-22-12-13;/h2-3,13H,4-12H2,1H3,(H,18,19);1H. The number of piperazine rings is 1. The molecule has 0 aliphatic carbocycles. The zero-order valence-corrected chi connectivity index (χ0v) is 17.9. The van der Waals surface area contributed by atoms with Crippen LogP contribution in [0.25, 0.3) is 0 Å². The maximum absolute atomic E-state index is 5.98. The molecule has 1 atom stereocenters. The van der Waals surface area contributed by atoms with Gasteiger partial charge in [-0.15, -0.1) is 35.3 Å². The van der Waals surface area contributed by atoms with E-state index >= 15 is 0 Å². The van der Waals surface area contributed by atoms with Gasteiger partial charge >= 0.3 is 0 Å². The van der Waals surface area contributed by atoms with Crippen LogP contribution in [0.1, 0.15) is 11.3 Å². The Morgan fingerprint density at radius 3 is 2.75 bits per heavy atom. The van der Waals surface area contributed by atoms with E-state index in [4.69, 9.17) is 16.3 Å². The molecule has 5 nitrogen and oxygen atoms in total. The third-order valence-corrected chi connectivity index (χ3v) is 5.70. The van der Waals surface area contributed by atoms with Crippen LogP contribution in [-0.4, -0.2) is 68.7 Å². The van der Waals surface area contributed by atoms with E-state index in [-0.39, 0.29) is 24.0 Å². The lowest BCUT2D eigenvalue weighted by atomic mass is 10.1. The number of nitrogens with one attached hydrogen (secondary N) is 1. The second-order valence-corrected chi connectivity index (χ2v) is 7.92. The van der Waals surface area contributed by atoms with Crippen LogP contribution in [0.5, 0.6) is 0 Å². The topological polar surface area (TPSA) is 40.1 Å². The Labute approximate surface area is 170 Å². The number of halogens is 2. The Kier molecular flexibility index (Phi) is 8.56. The van der Waals surface area contributed by atoms with Crippen LogP contribution in [0.4, 0.5) is 0 Å². The van der Waals surface area contributed by atoms with Gasteiger partial charge in [0.2, 0.25) is 0 Å². The predicted molar refractivity (Wildman–Crippen MR) is 112 cm³/mol. The van der Waals surface area contributed by atoms with Crippen LogP contribution in [0.2, 0.25) is 4.34 Å². The summed E-state index contributed by atoms with van der Waals surface area (Å²) < 4.78 is 6.31. The van der Waals surface area contributed by atoms with Gasteiger partial charge in [-0.25, -0.2) is 0 Å². The molecule has 1 unspecified atom stereocenters. The fourth-order valence-electron chi connectivity index (χ4n) is 3.18. The summed E-state index contributed by atoms with van der Waals surface area (Å²) in [6.07, 6.45) is 1.22. The maximum atomic E-state index is 5.98. The molecule has 0 amide bonds. The number of aliphatic imine (C=N–C) groups is 1. The normalized spacial score (nSPS) is 22.5. The number of guanidine groups is 1. The Balaban J connectivity index is 0.00000208. The van der Waals surface area contributed by atoms with E-state index in [1.54, 1.807) is 11.3 Å². The monoisotopic (exact) mass is 484 g/mol. The van der Waals surface area contributed by atoms with E-state index < -0.39 is 0 Å². The fraction of sp³-hybridized carbons (Fsp3) is 0.688. The minimum absolute atomic E-state index is 0. The van der Waals surface area contributed by atoms with Crippen LogP contribution in [0.15, 0.2) is 17.1 Å². The van der Waals surface area contributed by atoms with Gasteiger partial charge in [-0.2, -0.15) is 0 Å². The van der Waals surface area contributed by atoms with E-state index in [0.29, 0.717) is 0 Å². The lowest BCUT2D eigenvalue weighted by Crippen LogP contribution is -2.53. The summed E-state index contributed by atoms with van der Waals surface area (Å²) in [4.78, 5) is 10.6. The molecule has 136 valence electrons. The Morgan fingerprint density at radius 2 is 2.17 bits per heavy atom. The summed E-state index contributed by atoms with van der Waals surface area (Å²) in [7, 11) is 1.85. The molecule has 3 heterocycles. The van der Waals surface area contributed by atoms with Gasteiger partial charge in [-0.1, -0.05) is 11.6 Å². The average molecular weight is 485 g/mol. The largest absolute Gasteiger partial charge is 0.381 e. The summed E-state index contributed by atoms with van der Waals surface area (Å²) in [5.74, 6) is 1.71. The van der Waals surface area contributed by atoms with Gasteiger partial charge in [0.05, 0.1) is 17.5 Å². The molecular weight excluding hydrogens is 459 g/mol. The van der Waals surface area contributed by atoms with E-state index in [0.717, 1.165) is 62.2 Å². The lowest BCUT2D eigenvalue weighted by molar-refractivity contribution is 0.139. The molecule has 0 saturated carbocycles. The van der Waals surface area contributed by atoms with Crippen molar-refractivity contribution in [3.63, 3.8) is 0 Å². The molecule has 0 aromatic carbocycles. The van der Waals surface area contributed by atoms with E-state index in [1.165, 1.54) is 17.8 Å². The average Bonchev–Trinajstić information content (AvgIpc) is 3.21. The molecule has 2 aliphatic heterocycles. The summed E-state index contributed by atoms with van der Waals surface area (Å²) in [6, 6.07) is 4.01. The van der Waals surface area contributed by atoms with Crippen LogP contribution < -0.4 is 5.32 Å². The van der Waals surface area contributed by atoms with Crippen molar-refractivity contribution < 1.29 is 4.74 Å². The first-order valence-corrected chi connectivity index (χ1v) is 9.44. The van der Waals surface area contributed by atoms with E-state index in [2.05, 4.69) is 26.2 Å². The fourth-order valence-corrected chi connectivity index (χ4v) is 4.21. The zero-order chi connectivity index (χ0) is 16.1. The Hall–Kier alpha value is -0.0900. The quantitative estimate of drug-likeness (QED) is 0.405. The second kappa shape index (κ2) is 10.2. The van der Waals surface area contributed by atoms with Gasteiger partial charge in [0.1, 0.15) is 0 Å². The molecule has 1 aromatic heterocycles. The summed E-state index contributed by atoms with van der Waals surface area (Å²) in [5, 5.41) is 3.45. The lowest BCUT2D eigenvalue weighted by Gasteiger charge is -2.37. The van der Waals surface area contributed by atoms with Gasteiger partial charge in [-0.3, -0.25) is 9.89 Å². The molecular formula is C16H26ClIN4OS. The SMILES string of the molecule is CN=C(NCc1ccc(Cl)s1)N1CCN(CC2CCOC2)CC1.I. The number of nitrogens with zero attached hydrogens (tertiary/aromatic N) is 3. The Morgan fingerprint density at radius 1 is 1.38 bits per heavy atom. The second-order valence-electron chi connectivity index (χ2n) is 6.12. The minimum atomic E-state index is 0. The van der Waals surface area contributed by atoms with Gasteiger partial charge in [0.15, 0.2) is 5.96 Å². The highest BCUT2D eigenvalue weighted by Crippen LogP contribution is 2.21. The maximum Gasteiger partial charge on any atom is 0.194 e. The van der Waals surface area contributed by atoms with E-state index in [1.807, 2.05) is 13.1 Å². The van der Waals surface area contributed by atoms with Crippen molar-refractivity contribution in [1.29, 1.82) is 0 Å². The van der Waals surface area contributed by atoms with Crippen LogP contribution >= 0.6 is 46.9 Å². The third kappa shape index (κ3) is 5.72. The van der Waals surface area contributed by atoms with Crippen molar-refractivity contribution in [2.45, 2.75) is 13.0 Å². The summed E-state index contributed by atoms with van der Waals surface area (Å²) in [5.41, 5.74) is 0. The molecule has 24 heavy (non-hydrogen) atoms. The molecule has 3 rings (SSSR count). The number of ether oxygens (including phenoxy) is 1. The predicted octanol–water partition coefficient (Wildman–Crippen LogP) is 2.75. The molecule has 1 aromatic rings. The molecule has 0 radical (unpaired) electrons. The van der Waals surface area contributed by atoms with Crippen molar-refractivity contribution in [3.8, 4) is 0 Å². The molecule has 0 bridgehead atoms. The van der Waals surface area contributed by atoms with Crippen molar-refractivity contribution in [3.05, 3.63) is 21.3 Å². The number of rotatable bonds is 4. The highest BCUT2D eigenvalue weighted by molar-refractivity contribution is 14.0. The molecule has 0 spiro atoms.